The zero-order valence-electron chi connectivity index (χ0n) is 13.4. The molecular formula is C19H27NO. The molecule has 2 rings (SSSR count). The van der Waals surface area contributed by atoms with Crippen molar-refractivity contribution in [2.24, 2.45) is 0 Å². The number of aliphatic hydroxyl groups is 1. The van der Waals surface area contributed by atoms with Gasteiger partial charge >= 0.3 is 0 Å². The highest BCUT2D eigenvalue weighted by Crippen LogP contribution is 2.17. The lowest BCUT2D eigenvalue weighted by Crippen LogP contribution is -2.15. The molecule has 0 saturated heterocycles. The van der Waals surface area contributed by atoms with Gasteiger partial charge < -0.3 is 10.4 Å². The molecule has 1 aromatic rings. The Morgan fingerprint density at radius 3 is 2.57 bits per heavy atom. The van der Waals surface area contributed by atoms with Gasteiger partial charge in [0.1, 0.15) is 5.76 Å². The third kappa shape index (κ3) is 6.46. The molecule has 2 nitrogen and oxygen atoms in total. The van der Waals surface area contributed by atoms with E-state index in [1.165, 1.54) is 11.1 Å². The van der Waals surface area contributed by atoms with Crippen LogP contribution in [0.1, 0.15) is 39.2 Å². The zero-order chi connectivity index (χ0) is 15.5. The Kier molecular flexibility index (Phi) is 8.22. The standard InChI is InChI=1S/C17H21NO.C2H6/c1-14-12-15(8-5-9-17(14)19)10-11-18-13-16-6-3-2-4-7-16;1-2/h2-7,9,12,18-19H,8,10-11,13H2,1H3;1-2H3. The van der Waals surface area contributed by atoms with Gasteiger partial charge in [-0.1, -0.05) is 61.9 Å². The van der Waals surface area contributed by atoms with Crippen LogP contribution in [-0.4, -0.2) is 11.7 Å². The van der Waals surface area contributed by atoms with E-state index < -0.39 is 0 Å². The van der Waals surface area contributed by atoms with E-state index in [1.54, 1.807) is 6.08 Å². The summed E-state index contributed by atoms with van der Waals surface area (Å²) in [6.45, 7) is 7.81. The molecule has 0 unspecified atom stereocenters. The number of rotatable bonds is 5. The van der Waals surface area contributed by atoms with Crippen LogP contribution in [0, 0.1) is 0 Å². The summed E-state index contributed by atoms with van der Waals surface area (Å²) in [5, 5.41) is 13.1. The zero-order valence-corrected chi connectivity index (χ0v) is 13.4. The van der Waals surface area contributed by atoms with Gasteiger partial charge in [0, 0.05) is 6.54 Å². The number of aliphatic hydroxyl groups excluding tert-OH is 1. The highest BCUT2D eigenvalue weighted by atomic mass is 16.3. The molecule has 114 valence electrons. The second kappa shape index (κ2) is 10.0. The maximum absolute atomic E-state index is 9.63. The summed E-state index contributed by atoms with van der Waals surface area (Å²) in [6.07, 6.45) is 7.85. The first-order valence-electron chi connectivity index (χ1n) is 7.76. The van der Waals surface area contributed by atoms with Gasteiger partial charge in [0.15, 0.2) is 0 Å². The first-order chi connectivity index (χ1) is 10.3. The topological polar surface area (TPSA) is 32.3 Å². The molecule has 1 aromatic carbocycles. The van der Waals surface area contributed by atoms with Crippen molar-refractivity contribution in [2.45, 2.75) is 40.2 Å². The maximum atomic E-state index is 9.63. The summed E-state index contributed by atoms with van der Waals surface area (Å²) in [5.41, 5.74) is 3.62. The molecule has 1 aliphatic carbocycles. The Morgan fingerprint density at radius 2 is 1.86 bits per heavy atom. The van der Waals surface area contributed by atoms with Crippen LogP contribution >= 0.6 is 0 Å². The number of allylic oxidation sites excluding steroid dienone is 4. The Morgan fingerprint density at radius 1 is 1.14 bits per heavy atom. The molecule has 0 heterocycles. The maximum Gasteiger partial charge on any atom is 0.118 e. The van der Waals surface area contributed by atoms with E-state index in [9.17, 15) is 5.11 Å². The van der Waals surface area contributed by atoms with Gasteiger partial charge in [0.05, 0.1) is 0 Å². The third-order valence-electron chi connectivity index (χ3n) is 3.28. The van der Waals surface area contributed by atoms with Gasteiger partial charge in [-0.2, -0.15) is 0 Å². The monoisotopic (exact) mass is 285 g/mol. The van der Waals surface area contributed by atoms with Crippen LogP contribution in [-0.2, 0) is 6.54 Å². The average molecular weight is 285 g/mol. The molecule has 2 heteroatoms. The van der Waals surface area contributed by atoms with Crippen LogP contribution in [0.3, 0.4) is 0 Å². The summed E-state index contributed by atoms with van der Waals surface area (Å²) < 4.78 is 0. The number of hydrogen-bond acceptors (Lipinski definition) is 2. The van der Waals surface area contributed by atoms with Crippen molar-refractivity contribution in [3.63, 3.8) is 0 Å². The fourth-order valence-electron chi connectivity index (χ4n) is 2.14. The SMILES string of the molecule is CC.CC1=C(O)C=CCC(CCNCc2ccccc2)=C1. The second-order valence-corrected chi connectivity index (χ2v) is 4.89. The molecule has 0 aromatic heterocycles. The molecule has 0 radical (unpaired) electrons. The van der Waals surface area contributed by atoms with E-state index in [1.807, 2.05) is 32.9 Å². The van der Waals surface area contributed by atoms with Crippen molar-refractivity contribution < 1.29 is 5.11 Å². The van der Waals surface area contributed by atoms with E-state index in [2.05, 4.69) is 35.7 Å². The number of benzene rings is 1. The Hall–Kier alpha value is -1.80. The van der Waals surface area contributed by atoms with Gasteiger partial charge in [-0.3, -0.25) is 0 Å². The number of hydrogen-bond donors (Lipinski definition) is 2. The minimum atomic E-state index is 0.382. The molecule has 0 amide bonds. The fourth-order valence-corrected chi connectivity index (χ4v) is 2.14. The Labute approximate surface area is 128 Å². The van der Waals surface area contributed by atoms with Crippen LogP contribution in [0.25, 0.3) is 0 Å². The summed E-state index contributed by atoms with van der Waals surface area (Å²) in [7, 11) is 0. The van der Waals surface area contributed by atoms with Gasteiger partial charge in [0.2, 0.25) is 0 Å². The van der Waals surface area contributed by atoms with Crippen molar-refractivity contribution in [3.05, 3.63) is 71.0 Å². The van der Waals surface area contributed by atoms with E-state index in [4.69, 9.17) is 0 Å². The first kappa shape index (κ1) is 17.3. The highest BCUT2D eigenvalue weighted by Gasteiger charge is 2.03. The van der Waals surface area contributed by atoms with Crippen molar-refractivity contribution in [2.75, 3.05) is 6.54 Å². The average Bonchev–Trinajstić information content (AvgIpc) is 2.69. The molecule has 21 heavy (non-hydrogen) atoms. The fraction of sp³-hybridized carbons (Fsp3) is 0.368. The molecule has 2 N–H and O–H groups in total. The molecule has 0 fully saturated rings. The first-order valence-corrected chi connectivity index (χ1v) is 7.76. The highest BCUT2D eigenvalue weighted by molar-refractivity contribution is 5.33. The van der Waals surface area contributed by atoms with Crippen LogP contribution in [0.5, 0.6) is 0 Å². The predicted octanol–water partition coefficient (Wildman–Crippen LogP) is 4.91. The smallest absolute Gasteiger partial charge is 0.118 e. The summed E-state index contributed by atoms with van der Waals surface area (Å²) in [6, 6.07) is 10.4. The third-order valence-corrected chi connectivity index (χ3v) is 3.28. The van der Waals surface area contributed by atoms with Crippen LogP contribution in [0.4, 0.5) is 0 Å². The molecule has 0 aliphatic heterocycles. The quantitative estimate of drug-likeness (QED) is 0.753. The molecule has 0 spiro atoms. The summed E-state index contributed by atoms with van der Waals surface area (Å²) >= 11 is 0. The summed E-state index contributed by atoms with van der Waals surface area (Å²) in [5.74, 6) is 0.382. The van der Waals surface area contributed by atoms with Gasteiger partial charge in [0.25, 0.3) is 0 Å². The molecule has 1 aliphatic rings. The van der Waals surface area contributed by atoms with Crippen LogP contribution in [0.2, 0.25) is 0 Å². The predicted molar refractivity (Wildman–Crippen MR) is 91.3 cm³/mol. The van der Waals surface area contributed by atoms with Gasteiger partial charge in [-0.15, -0.1) is 0 Å². The van der Waals surface area contributed by atoms with Crippen LogP contribution in [0.15, 0.2) is 65.5 Å². The minimum Gasteiger partial charge on any atom is -0.508 e. The summed E-state index contributed by atoms with van der Waals surface area (Å²) in [4.78, 5) is 0. The molecule has 0 bridgehead atoms. The van der Waals surface area contributed by atoms with Crippen molar-refractivity contribution >= 4 is 0 Å². The minimum absolute atomic E-state index is 0.382. The molecular weight excluding hydrogens is 258 g/mol. The second-order valence-electron chi connectivity index (χ2n) is 4.89. The van der Waals surface area contributed by atoms with Gasteiger partial charge in [-0.25, -0.2) is 0 Å². The lowest BCUT2D eigenvalue weighted by atomic mass is 10.1. The normalized spacial score (nSPS) is 14.1. The van der Waals surface area contributed by atoms with Gasteiger partial charge in [-0.05, 0) is 43.5 Å². The molecule has 0 saturated carbocycles. The molecule has 0 atom stereocenters. The van der Waals surface area contributed by atoms with E-state index >= 15 is 0 Å². The van der Waals surface area contributed by atoms with E-state index in [-0.39, 0.29) is 0 Å². The van der Waals surface area contributed by atoms with Crippen molar-refractivity contribution in [1.29, 1.82) is 0 Å². The Balaban J connectivity index is 0.00000106. The largest absolute Gasteiger partial charge is 0.508 e. The van der Waals surface area contributed by atoms with E-state index in [0.717, 1.165) is 31.5 Å². The van der Waals surface area contributed by atoms with Crippen molar-refractivity contribution in [3.8, 4) is 0 Å². The lowest BCUT2D eigenvalue weighted by Gasteiger charge is -2.07. The van der Waals surface area contributed by atoms with E-state index in [0.29, 0.717) is 5.76 Å². The van der Waals surface area contributed by atoms with Crippen molar-refractivity contribution in [1.82, 2.24) is 5.32 Å². The lowest BCUT2D eigenvalue weighted by molar-refractivity contribution is 0.427. The van der Waals surface area contributed by atoms with Crippen LogP contribution < -0.4 is 5.32 Å². The number of nitrogens with one attached hydrogen (secondary N) is 1. The Bertz CT molecular complexity index is 498.